The molecule has 2 aromatic heterocycles. The molecule has 9 nitrogen and oxygen atoms in total. The first-order chi connectivity index (χ1) is 19.6. The van der Waals surface area contributed by atoms with E-state index in [1.54, 1.807) is 18.5 Å². The zero-order valence-electron chi connectivity index (χ0n) is 25.8. The van der Waals surface area contributed by atoms with E-state index in [1.165, 1.54) is 0 Å². The summed E-state index contributed by atoms with van der Waals surface area (Å²) in [6, 6.07) is 9.80. The molecule has 2 unspecified atom stereocenters. The fourth-order valence-corrected chi connectivity index (χ4v) is 5.42. The van der Waals surface area contributed by atoms with Gasteiger partial charge in [-0.25, -0.2) is 9.78 Å². The lowest BCUT2D eigenvalue weighted by molar-refractivity contribution is -0.117. The number of nitrogens with zero attached hydrogens (tertiary/aromatic N) is 3. The lowest BCUT2D eigenvalue weighted by Crippen LogP contribution is -2.41. The van der Waals surface area contributed by atoms with Gasteiger partial charge in [-0.3, -0.25) is 15.1 Å². The first-order valence-electron chi connectivity index (χ1n) is 14.3. The van der Waals surface area contributed by atoms with Gasteiger partial charge in [0.25, 0.3) is 0 Å². The number of pyridine rings is 2. The Balaban J connectivity index is 1.69. The number of ether oxygens (including phenoxy) is 1. The summed E-state index contributed by atoms with van der Waals surface area (Å²) < 4.78 is 12.0. The van der Waals surface area contributed by atoms with Crippen molar-refractivity contribution in [3.05, 3.63) is 48.4 Å². The molecule has 222 valence electrons. The maximum absolute atomic E-state index is 12.8. The van der Waals surface area contributed by atoms with Gasteiger partial charge in [-0.05, 0) is 92.5 Å². The Morgan fingerprint density at radius 2 is 1.83 bits per heavy atom. The molecule has 0 radical (unpaired) electrons. The van der Waals surface area contributed by atoms with E-state index < -0.39 is 20.0 Å². The number of carbonyl (C=O) groups excluding carboxylic acids is 2. The molecule has 1 aliphatic carbocycles. The predicted octanol–water partition coefficient (Wildman–Crippen LogP) is 7.31. The summed E-state index contributed by atoms with van der Waals surface area (Å²) in [5, 5.41) is 16.4. The third kappa shape index (κ3) is 7.52. The van der Waals surface area contributed by atoms with Gasteiger partial charge >= 0.3 is 6.09 Å². The SMILES string of the molecule is CC(C)(C)OC(=O)Nc1cc(-c2cnccc2CCO[Si](C)(C)C(C)(C)C)cc2cc(NC(=O)C3CC3C#N)ncc12. The summed E-state index contributed by atoms with van der Waals surface area (Å²) >= 11 is 0. The second kappa shape index (κ2) is 11.8. The van der Waals surface area contributed by atoms with E-state index in [2.05, 4.69) is 60.5 Å². The number of rotatable bonds is 8. The molecule has 42 heavy (non-hydrogen) atoms. The second-order valence-electron chi connectivity index (χ2n) is 13.4. The summed E-state index contributed by atoms with van der Waals surface area (Å²) in [4.78, 5) is 34.2. The monoisotopic (exact) mass is 587 g/mol. The van der Waals surface area contributed by atoms with Crippen molar-refractivity contribution in [1.82, 2.24) is 9.97 Å². The molecule has 4 rings (SSSR count). The number of hydrogen-bond acceptors (Lipinski definition) is 7. The highest BCUT2D eigenvalue weighted by Crippen LogP contribution is 2.39. The number of anilines is 2. The van der Waals surface area contributed by atoms with Crippen LogP contribution in [0.3, 0.4) is 0 Å². The quantitative estimate of drug-likeness (QED) is 0.265. The van der Waals surface area contributed by atoms with Crippen molar-refractivity contribution in [2.24, 2.45) is 11.8 Å². The van der Waals surface area contributed by atoms with Crippen molar-refractivity contribution >= 4 is 42.6 Å². The predicted molar refractivity (Wildman–Crippen MR) is 168 cm³/mol. The van der Waals surface area contributed by atoms with Gasteiger partial charge in [0.15, 0.2) is 8.32 Å². The lowest BCUT2D eigenvalue weighted by atomic mass is 9.97. The number of nitrogens with one attached hydrogen (secondary N) is 2. The summed E-state index contributed by atoms with van der Waals surface area (Å²) in [6.07, 6.45) is 5.90. The van der Waals surface area contributed by atoms with Gasteiger partial charge in [0.05, 0.1) is 23.6 Å². The van der Waals surface area contributed by atoms with Crippen molar-refractivity contribution in [3.8, 4) is 17.2 Å². The van der Waals surface area contributed by atoms with Gasteiger partial charge in [-0.2, -0.15) is 5.26 Å². The molecule has 0 aliphatic heterocycles. The van der Waals surface area contributed by atoms with Crippen LogP contribution in [0.1, 0.15) is 53.5 Å². The minimum atomic E-state index is -1.91. The second-order valence-corrected chi connectivity index (χ2v) is 18.2. The van der Waals surface area contributed by atoms with Gasteiger partial charge in [-0.15, -0.1) is 0 Å². The van der Waals surface area contributed by atoms with Crippen LogP contribution in [0.2, 0.25) is 18.1 Å². The van der Waals surface area contributed by atoms with Gasteiger partial charge < -0.3 is 14.5 Å². The summed E-state index contributed by atoms with van der Waals surface area (Å²) in [5.74, 6) is -0.389. The van der Waals surface area contributed by atoms with Crippen LogP contribution in [0.5, 0.6) is 0 Å². The fourth-order valence-electron chi connectivity index (χ4n) is 4.38. The van der Waals surface area contributed by atoms with E-state index >= 15 is 0 Å². The number of carbonyl (C=O) groups is 2. The Bertz CT molecular complexity index is 1530. The molecule has 2 N–H and O–H groups in total. The topological polar surface area (TPSA) is 126 Å². The van der Waals surface area contributed by atoms with E-state index in [1.807, 2.05) is 45.2 Å². The molecule has 1 aliphatic rings. The van der Waals surface area contributed by atoms with Gasteiger partial charge in [0, 0.05) is 36.1 Å². The Morgan fingerprint density at radius 1 is 1.10 bits per heavy atom. The number of nitriles is 1. The minimum Gasteiger partial charge on any atom is -0.444 e. The molecular weight excluding hydrogens is 546 g/mol. The Kier molecular flexibility index (Phi) is 8.76. The normalized spacial score (nSPS) is 16.9. The van der Waals surface area contributed by atoms with Crippen LogP contribution in [0, 0.1) is 23.2 Å². The average Bonchev–Trinajstić information content (AvgIpc) is 3.67. The van der Waals surface area contributed by atoms with Crippen molar-refractivity contribution in [2.75, 3.05) is 17.2 Å². The maximum Gasteiger partial charge on any atom is 0.412 e. The van der Waals surface area contributed by atoms with Crippen LogP contribution < -0.4 is 10.6 Å². The van der Waals surface area contributed by atoms with Crippen molar-refractivity contribution in [2.45, 2.75) is 78.1 Å². The first-order valence-corrected chi connectivity index (χ1v) is 17.2. The van der Waals surface area contributed by atoms with Gasteiger partial charge in [0.1, 0.15) is 11.4 Å². The van der Waals surface area contributed by atoms with Crippen LogP contribution in [0.15, 0.2) is 42.9 Å². The number of aromatic nitrogens is 2. The Hall–Kier alpha value is -3.81. The molecule has 1 saturated carbocycles. The van der Waals surface area contributed by atoms with Crippen LogP contribution in [0.4, 0.5) is 16.3 Å². The standard InChI is InChI=1S/C32H41N5O4Si/c1-31(2,3)41-30(39)36-27-15-21(25-18-34-11-9-20(25)10-12-40-42(7,8)32(4,5)6)13-22-16-28(35-19-26(22)27)37-29(38)24-14-23(24)17-33/h9,11,13,15-16,18-19,23-24H,10,12,14H2,1-8H3,(H,36,39)(H,35,37,38). The third-order valence-electron chi connectivity index (χ3n) is 7.88. The van der Waals surface area contributed by atoms with E-state index in [4.69, 9.17) is 14.4 Å². The molecule has 10 heteroatoms. The van der Waals surface area contributed by atoms with E-state index in [0.29, 0.717) is 36.3 Å². The van der Waals surface area contributed by atoms with Crippen LogP contribution in [0.25, 0.3) is 21.9 Å². The minimum absolute atomic E-state index is 0.116. The first kappa shape index (κ1) is 31.1. The molecule has 2 amide bonds. The van der Waals surface area contributed by atoms with E-state index in [0.717, 1.165) is 22.1 Å². The molecule has 2 heterocycles. The largest absolute Gasteiger partial charge is 0.444 e. The summed E-state index contributed by atoms with van der Waals surface area (Å²) in [5.41, 5.74) is 2.70. The number of hydrogen-bond donors (Lipinski definition) is 2. The van der Waals surface area contributed by atoms with Gasteiger partial charge in [0.2, 0.25) is 5.91 Å². The zero-order chi connectivity index (χ0) is 30.9. The lowest BCUT2D eigenvalue weighted by Gasteiger charge is -2.36. The highest BCUT2D eigenvalue weighted by atomic mass is 28.4. The van der Waals surface area contributed by atoms with Gasteiger partial charge in [-0.1, -0.05) is 20.8 Å². The van der Waals surface area contributed by atoms with Crippen LogP contribution in [-0.2, 0) is 20.4 Å². The van der Waals surface area contributed by atoms with Crippen LogP contribution in [-0.4, -0.2) is 42.5 Å². The number of amides is 2. The molecule has 3 aromatic rings. The molecule has 2 atom stereocenters. The number of benzene rings is 1. The number of fused-ring (bicyclic) bond motifs is 1. The maximum atomic E-state index is 12.8. The van der Waals surface area contributed by atoms with E-state index in [-0.39, 0.29) is 22.8 Å². The Labute approximate surface area is 249 Å². The highest BCUT2D eigenvalue weighted by Gasteiger charge is 2.43. The molecule has 1 fully saturated rings. The van der Waals surface area contributed by atoms with Crippen molar-refractivity contribution < 1.29 is 18.8 Å². The Morgan fingerprint density at radius 3 is 2.48 bits per heavy atom. The van der Waals surface area contributed by atoms with Crippen molar-refractivity contribution in [1.29, 1.82) is 5.26 Å². The molecular formula is C32H41N5O4Si. The molecule has 0 spiro atoms. The smallest absolute Gasteiger partial charge is 0.412 e. The molecule has 1 aromatic carbocycles. The molecule has 0 saturated heterocycles. The van der Waals surface area contributed by atoms with Crippen LogP contribution >= 0.6 is 0 Å². The third-order valence-corrected chi connectivity index (χ3v) is 12.4. The average molecular weight is 588 g/mol. The highest BCUT2D eigenvalue weighted by molar-refractivity contribution is 6.74. The zero-order valence-corrected chi connectivity index (χ0v) is 26.8. The van der Waals surface area contributed by atoms with E-state index in [9.17, 15) is 9.59 Å². The van der Waals surface area contributed by atoms with Crippen molar-refractivity contribution in [3.63, 3.8) is 0 Å². The summed E-state index contributed by atoms with van der Waals surface area (Å²) in [6.45, 7) is 17.2. The summed E-state index contributed by atoms with van der Waals surface area (Å²) in [7, 11) is -1.91. The molecule has 0 bridgehead atoms. The fraction of sp³-hybridized carbons (Fsp3) is 0.469.